The van der Waals surface area contributed by atoms with Gasteiger partial charge in [0.15, 0.2) is 5.79 Å². The molecule has 0 amide bonds. The van der Waals surface area contributed by atoms with Crippen molar-refractivity contribution in [3.05, 3.63) is 0 Å². The van der Waals surface area contributed by atoms with Crippen molar-refractivity contribution in [1.82, 2.24) is 0 Å². The van der Waals surface area contributed by atoms with Gasteiger partial charge in [-0.15, -0.1) is 0 Å². The van der Waals surface area contributed by atoms with Gasteiger partial charge in [-0.25, -0.2) is 9.78 Å². The zero-order valence-corrected chi connectivity index (χ0v) is 18.2. The fraction of sp³-hybridized carbons (Fsp3) is 1.00. The van der Waals surface area contributed by atoms with Gasteiger partial charge in [0.2, 0.25) is 0 Å². The maximum Gasteiger partial charge on any atom is 0.195 e. The molecule has 1 aliphatic heterocycles. The Kier molecular flexibility index (Phi) is 12.8. The van der Waals surface area contributed by atoms with E-state index in [-0.39, 0.29) is 5.60 Å². The molecule has 1 aliphatic rings. The topological polar surface area (TPSA) is 27.7 Å². The largest absolute Gasteiger partial charge is 0.348 e. The predicted octanol–water partition coefficient (Wildman–Crippen LogP) is 7.72. The molecule has 0 aromatic rings. The van der Waals surface area contributed by atoms with Gasteiger partial charge in [0.1, 0.15) is 5.60 Å². The zero-order valence-electron chi connectivity index (χ0n) is 18.2. The van der Waals surface area contributed by atoms with E-state index in [2.05, 4.69) is 13.8 Å². The highest BCUT2D eigenvalue weighted by Crippen LogP contribution is 2.30. The van der Waals surface area contributed by atoms with E-state index in [1.54, 1.807) is 0 Å². The van der Waals surface area contributed by atoms with Crippen LogP contribution in [0.4, 0.5) is 0 Å². The van der Waals surface area contributed by atoms with Crippen LogP contribution in [0.2, 0.25) is 0 Å². The molecule has 1 saturated heterocycles. The Morgan fingerprint density at radius 2 is 1.08 bits per heavy atom. The lowest BCUT2D eigenvalue weighted by Crippen LogP contribution is -2.31. The molecule has 1 heterocycles. The molecule has 3 heteroatoms. The summed E-state index contributed by atoms with van der Waals surface area (Å²) in [7, 11) is 0. The summed E-state index contributed by atoms with van der Waals surface area (Å²) in [6.45, 7) is 8.97. The molecule has 3 nitrogen and oxygen atoms in total. The van der Waals surface area contributed by atoms with Crippen LogP contribution in [-0.2, 0) is 14.5 Å². The first-order chi connectivity index (χ1) is 12.5. The van der Waals surface area contributed by atoms with Crippen LogP contribution >= 0.6 is 0 Å². The molecule has 1 fully saturated rings. The van der Waals surface area contributed by atoms with Gasteiger partial charge in [0.05, 0.1) is 6.61 Å². The van der Waals surface area contributed by atoms with E-state index in [4.69, 9.17) is 14.5 Å². The van der Waals surface area contributed by atoms with Gasteiger partial charge in [-0.2, -0.15) is 0 Å². The molecule has 0 radical (unpaired) electrons. The number of hydrogen-bond donors (Lipinski definition) is 0. The van der Waals surface area contributed by atoms with Gasteiger partial charge in [-0.3, -0.25) is 0 Å². The van der Waals surface area contributed by atoms with Gasteiger partial charge in [-0.05, 0) is 27.2 Å². The normalized spacial score (nSPS) is 23.1. The van der Waals surface area contributed by atoms with Crippen molar-refractivity contribution < 1.29 is 14.5 Å². The molecule has 0 spiro atoms. The van der Waals surface area contributed by atoms with E-state index < -0.39 is 5.79 Å². The van der Waals surface area contributed by atoms with Crippen LogP contribution in [0.15, 0.2) is 0 Å². The van der Waals surface area contributed by atoms with Crippen molar-refractivity contribution in [1.29, 1.82) is 0 Å². The summed E-state index contributed by atoms with van der Waals surface area (Å²) in [4.78, 5) is 11.1. The van der Waals surface area contributed by atoms with Crippen molar-refractivity contribution in [2.24, 2.45) is 0 Å². The Bertz CT molecular complexity index is 329. The van der Waals surface area contributed by atoms with E-state index in [1.807, 2.05) is 13.8 Å². The van der Waals surface area contributed by atoms with Gasteiger partial charge >= 0.3 is 0 Å². The summed E-state index contributed by atoms with van der Waals surface area (Å²) in [6.07, 6.45) is 21.5. The monoisotopic (exact) mass is 370 g/mol. The number of unbranched alkanes of at least 4 members (excludes halogenated alkanes) is 13. The number of ether oxygens (including phenoxy) is 1. The molecule has 26 heavy (non-hydrogen) atoms. The highest BCUT2D eigenvalue weighted by atomic mass is 17.2. The summed E-state index contributed by atoms with van der Waals surface area (Å²) in [6, 6.07) is 0. The van der Waals surface area contributed by atoms with E-state index >= 15 is 0 Å². The van der Waals surface area contributed by atoms with Crippen molar-refractivity contribution in [3.63, 3.8) is 0 Å². The average molecular weight is 371 g/mol. The third-order valence-electron chi connectivity index (χ3n) is 5.58. The summed E-state index contributed by atoms with van der Waals surface area (Å²) in [5.41, 5.74) is -0.190. The molecule has 0 aliphatic carbocycles. The SMILES string of the molecule is CCCCCCCCCCCCCCCC[C@]1(C)CCOC(C)(C)OO1. The van der Waals surface area contributed by atoms with Crippen molar-refractivity contribution in [3.8, 4) is 0 Å². The highest BCUT2D eigenvalue weighted by Gasteiger charge is 2.34. The van der Waals surface area contributed by atoms with Crippen LogP contribution < -0.4 is 0 Å². The van der Waals surface area contributed by atoms with E-state index in [0.29, 0.717) is 6.61 Å². The molecule has 0 unspecified atom stereocenters. The molecule has 0 aromatic carbocycles. The first-order valence-corrected chi connectivity index (χ1v) is 11.5. The first kappa shape index (κ1) is 23.9. The fourth-order valence-electron chi connectivity index (χ4n) is 3.64. The molecule has 0 aromatic heterocycles. The minimum absolute atomic E-state index is 0.190. The maximum absolute atomic E-state index is 5.69. The standard InChI is InChI=1S/C23H46O3/c1-5-6-7-8-9-10-11-12-13-14-15-16-17-18-19-23(4)20-21-24-22(2,3)25-26-23/h5-21H2,1-4H3/t23-/m1/s1. The minimum atomic E-state index is -0.618. The van der Waals surface area contributed by atoms with Gasteiger partial charge < -0.3 is 4.74 Å². The second-order valence-corrected chi connectivity index (χ2v) is 8.96. The van der Waals surface area contributed by atoms with Gasteiger partial charge in [0, 0.05) is 6.42 Å². The maximum atomic E-state index is 5.69. The molecule has 0 bridgehead atoms. The summed E-state index contributed by atoms with van der Waals surface area (Å²) >= 11 is 0. The van der Waals surface area contributed by atoms with Crippen molar-refractivity contribution >= 4 is 0 Å². The Labute approximate surface area is 163 Å². The summed E-state index contributed by atoms with van der Waals surface area (Å²) < 4.78 is 5.66. The lowest BCUT2D eigenvalue weighted by Gasteiger charge is -2.27. The Hall–Kier alpha value is -0.120. The molecular formula is C23H46O3. The Balaban J connectivity index is 1.87. The van der Waals surface area contributed by atoms with Gasteiger partial charge in [-0.1, -0.05) is 96.8 Å². The third-order valence-corrected chi connectivity index (χ3v) is 5.58. The predicted molar refractivity (Wildman–Crippen MR) is 110 cm³/mol. The zero-order chi connectivity index (χ0) is 19.1. The van der Waals surface area contributed by atoms with Crippen LogP contribution in [0.3, 0.4) is 0 Å². The van der Waals surface area contributed by atoms with Crippen LogP contribution in [-0.4, -0.2) is 18.0 Å². The molecule has 0 N–H and O–H groups in total. The molecule has 1 atom stereocenters. The lowest BCUT2D eigenvalue weighted by molar-refractivity contribution is -0.437. The lowest BCUT2D eigenvalue weighted by atomic mass is 9.94. The van der Waals surface area contributed by atoms with E-state index in [9.17, 15) is 0 Å². The van der Waals surface area contributed by atoms with Crippen molar-refractivity contribution in [2.45, 2.75) is 142 Å². The third kappa shape index (κ3) is 12.3. The minimum Gasteiger partial charge on any atom is -0.348 e. The molecule has 0 saturated carbocycles. The number of rotatable bonds is 15. The van der Waals surface area contributed by atoms with E-state index in [0.717, 1.165) is 12.8 Å². The van der Waals surface area contributed by atoms with E-state index in [1.165, 1.54) is 89.9 Å². The second kappa shape index (κ2) is 14.0. The van der Waals surface area contributed by atoms with Crippen molar-refractivity contribution in [2.75, 3.05) is 6.61 Å². The fourth-order valence-corrected chi connectivity index (χ4v) is 3.64. The summed E-state index contributed by atoms with van der Waals surface area (Å²) in [5, 5.41) is 0. The average Bonchev–Trinajstić information content (AvgIpc) is 2.74. The Morgan fingerprint density at radius 3 is 1.58 bits per heavy atom. The molecule has 1 rings (SSSR count). The second-order valence-electron chi connectivity index (χ2n) is 8.96. The number of hydrogen-bond acceptors (Lipinski definition) is 3. The highest BCUT2D eigenvalue weighted by molar-refractivity contribution is 4.76. The smallest absolute Gasteiger partial charge is 0.195 e. The molecule has 156 valence electrons. The van der Waals surface area contributed by atoms with Crippen LogP contribution in [0.5, 0.6) is 0 Å². The van der Waals surface area contributed by atoms with Crippen LogP contribution in [0.1, 0.15) is 130 Å². The van der Waals surface area contributed by atoms with Gasteiger partial charge in [0.25, 0.3) is 0 Å². The quantitative estimate of drug-likeness (QED) is 0.218. The first-order valence-electron chi connectivity index (χ1n) is 11.5. The Morgan fingerprint density at radius 1 is 0.615 bits per heavy atom. The van der Waals surface area contributed by atoms with Crippen LogP contribution in [0.25, 0.3) is 0 Å². The summed E-state index contributed by atoms with van der Waals surface area (Å²) in [5.74, 6) is -0.618. The van der Waals surface area contributed by atoms with Crippen LogP contribution in [0, 0.1) is 0 Å². The molecular weight excluding hydrogens is 324 g/mol.